The van der Waals surface area contributed by atoms with Gasteiger partial charge in [0.2, 0.25) is 0 Å². The Kier molecular flexibility index (Phi) is 5.75. The van der Waals surface area contributed by atoms with Crippen LogP contribution < -0.4 is 5.32 Å². The molecule has 1 N–H and O–H groups in total. The number of aromatic nitrogens is 1. The summed E-state index contributed by atoms with van der Waals surface area (Å²) < 4.78 is 27.7. The van der Waals surface area contributed by atoms with E-state index in [1.54, 1.807) is 7.05 Å². The van der Waals surface area contributed by atoms with E-state index in [9.17, 15) is 13.6 Å². The monoisotopic (exact) mass is 334 g/mol. The zero-order valence-corrected chi connectivity index (χ0v) is 14.5. The number of benzene rings is 1. The molecule has 3 nitrogen and oxygen atoms in total. The van der Waals surface area contributed by atoms with E-state index in [0.29, 0.717) is 11.6 Å². The molecule has 2 aromatic rings. The van der Waals surface area contributed by atoms with Crippen LogP contribution in [0.4, 0.5) is 14.5 Å². The minimum atomic E-state index is -2.68. The molecule has 0 aliphatic heterocycles. The summed E-state index contributed by atoms with van der Waals surface area (Å²) in [5.41, 5.74) is 1.47. The normalized spacial score (nSPS) is 12.7. The van der Waals surface area contributed by atoms with Crippen molar-refractivity contribution in [3.8, 4) is 0 Å². The summed E-state index contributed by atoms with van der Waals surface area (Å²) in [6.45, 7) is 6.41. The van der Waals surface area contributed by atoms with Crippen LogP contribution in [0.1, 0.15) is 61.0 Å². The van der Waals surface area contributed by atoms with Crippen molar-refractivity contribution in [2.75, 3.05) is 5.32 Å². The third-order valence-electron chi connectivity index (χ3n) is 4.03. The van der Waals surface area contributed by atoms with Crippen molar-refractivity contribution in [3.05, 3.63) is 53.3 Å². The number of nitrogens with one attached hydrogen (secondary N) is 1. The van der Waals surface area contributed by atoms with Crippen molar-refractivity contribution in [1.29, 1.82) is 0 Å². The SMILES string of the molecule is CC(C)CC(C)c1ccccc1NC(=O)c1cn(C)cc1C(F)F. The Hall–Kier alpha value is -2.17. The average Bonchev–Trinajstić information content (AvgIpc) is 2.89. The number of amides is 1. The van der Waals surface area contributed by atoms with E-state index in [1.165, 1.54) is 17.0 Å². The molecule has 2 rings (SSSR count). The van der Waals surface area contributed by atoms with E-state index in [0.717, 1.165) is 12.0 Å². The Balaban J connectivity index is 2.27. The van der Waals surface area contributed by atoms with Crippen LogP contribution in [0.5, 0.6) is 0 Å². The van der Waals surface area contributed by atoms with Crippen LogP contribution >= 0.6 is 0 Å². The van der Waals surface area contributed by atoms with Crippen molar-refractivity contribution in [2.45, 2.75) is 39.5 Å². The molecule has 1 amide bonds. The number of carbonyl (C=O) groups is 1. The molecule has 0 bridgehead atoms. The van der Waals surface area contributed by atoms with Crippen molar-refractivity contribution >= 4 is 11.6 Å². The van der Waals surface area contributed by atoms with Gasteiger partial charge in [0.15, 0.2) is 0 Å². The Morgan fingerprint density at radius 1 is 1.12 bits per heavy atom. The van der Waals surface area contributed by atoms with Crippen molar-refractivity contribution in [2.24, 2.45) is 13.0 Å². The molecule has 5 heteroatoms. The van der Waals surface area contributed by atoms with Gasteiger partial charge in [-0.25, -0.2) is 8.78 Å². The number of anilines is 1. The first kappa shape index (κ1) is 18.2. The molecule has 0 aliphatic rings. The quantitative estimate of drug-likeness (QED) is 0.757. The summed E-state index contributed by atoms with van der Waals surface area (Å²) in [5.74, 6) is 0.297. The van der Waals surface area contributed by atoms with Gasteiger partial charge in [-0.3, -0.25) is 4.79 Å². The largest absolute Gasteiger partial charge is 0.356 e. The second kappa shape index (κ2) is 7.60. The maximum atomic E-state index is 13.1. The first-order valence-electron chi connectivity index (χ1n) is 8.13. The van der Waals surface area contributed by atoms with Crippen LogP contribution in [0.25, 0.3) is 0 Å². The maximum Gasteiger partial charge on any atom is 0.266 e. The lowest BCUT2D eigenvalue weighted by Crippen LogP contribution is -2.15. The lowest BCUT2D eigenvalue weighted by Gasteiger charge is -2.18. The van der Waals surface area contributed by atoms with Crippen molar-refractivity contribution in [3.63, 3.8) is 0 Å². The van der Waals surface area contributed by atoms with E-state index in [1.807, 2.05) is 24.3 Å². The molecule has 0 saturated heterocycles. The topological polar surface area (TPSA) is 34.0 Å². The fraction of sp³-hybridized carbons (Fsp3) is 0.421. The first-order valence-corrected chi connectivity index (χ1v) is 8.13. The summed E-state index contributed by atoms with van der Waals surface area (Å²) in [6, 6.07) is 7.55. The zero-order valence-electron chi connectivity index (χ0n) is 14.5. The fourth-order valence-electron chi connectivity index (χ4n) is 3.03. The van der Waals surface area contributed by atoms with E-state index < -0.39 is 12.3 Å². The third kappa shape index (κ3) is 4.22. The molecule has 0 fully saturated rings. The predicted octanol–water partition coefficient (Wildman–Crippen LogP) is 5.36. The molecule has 130 valence electrons. The predicted molar refractivity (Wildman–Crippen MR) is 92.6 cm³/mol. The molecule has 24 heavy (non-hydrogen) atoms. The number of alkyl halides is 2. The Morgan fingerprint density at radius 3 is 2.42 bits per heavy atom. The molecule has 1 aromatic heterocycles. The van der Waals surface area contributed by atoms with Gasteiger partial charge in [-0.05, 0) is 29.9 Å². The van der Waals surface area contributed by atoms with Crippen LogP contribution in [0.3, 0.4) is 0 Å². The van der Waals surface area contributed by atoms with Crippen LogP contribution in [-0.4, -0.2) is 10.5 Å². The molecule has 0 radical (unpaired) electrons. The lowest BCUT2D eigenvalue weighted by atomic mass is 9.91. The molecule has 0 spiro atoms. The van der Waals surface area contributed by atoms with Crippen LogP contribution in [-0.2, 0) is 7.05 Å². The molecule has 0 saturated carbocycles. The van der Waals surface area contributed by atoms with Crippen molar-refractivity contribution in [1.82, 2.24) is 4.57 Å². The lowest BCUT2D eigenvalue weighted by molar-refractivity contribution is 0.101. The van der Waals surface area contributed by atoms with Gasteiger partial charge in [0.05, 0.1) is 5.56 Å². The summed E-state index contributed by atoms with van der Waals surface area (Å²) >= 11 is 0. The highest BCUT2D eigenvalue weighted by molar-refractivity contribution is 6.05. The van der Waals surface area contributed by atoms with Gasteiger partial charge < -0.3 is 9.88 Å². The van der Waals surface area contributed by atoms with E-state index in [4.69, 9.17) is 0 Å². The number of para-hydroxylation sites is 1. The summed E-state index contributed by atoms with van der Waals surface area (Å²) in [7, 11) is 1.63. The van der Waals surface area contributed by atoms with Gasteiger partial charge in [-0.2, -0.15) is 0 Å². The number of nitrogens with zero attached hydrogens (tertiary/aromatic N) is 1. The van der Waals surface area contributed by atoms with E-state index in [2.05, 4.69) is 26.1 Å². The van der Waals surface area contributed by atoms with Crippen LogP contribution in [0.15, 0.2) is 36.7 Å². The third-order valence-corrected chi connectivity index (χ3v) is 4.03. The number of halogens is 2. The summed E-state index contributed by atoms with van der Waals surface area (Å²) in [5, 5.41) is 2.80. The van der Waals surface area contributed by atoms with Gasteiger partial charge in [0.1, 0.15) is 0 Å². The minimum Gasteiger partial charge on any atom is -0.356 e. The first-order chi connectivity index (χ1) is 11.3. The van der Waals surface area contributed by atoms with Gasteiger partial charge in [-0.1, -0.05) is 39.0 Å². The minimum absolute atomic E-state index is 0.0128. The fourth-order valence-corrected chi connectivity index (χ4v) is 3.03. The Morgan fingerprint density at radius 2 is 1.79 bits per heavy atom. The molecule has 0 aliphatic carbocycles. The zero-order chi connectivity index (χ0) is 17.9. The number of rotatable bonds is 6. The molecule has 1 aromatic carbocycles. The van der Waals surface area contributed by atoms with E-state index in [-0.39, 0.29) is 17.0 Å². The highest BCUT2D eigenvalue weighted by Crippen LogP contribution is 2.30. The van der Waals surface area contributed by atoms with Gasteiger partial charge in [-0.15, -0.1) is 0 Å². The maximum absolute atomic E-state index is 13.1. The van der Waals surface area contributed by atoms with Crippen molar-refractivity contribution < 1.29 is 13.6 Å². The van der Waals surface area contributed by atoms with Gasteiger partial charge in [0, 0.05) is 30.7 Å². The second-order valence-corrected chi connectivity index (χ2v) is 6.67. The smallest absolute Gasteiger partial charge is 0.266 e. The van der Waals surface area contributed by atoms with Crippen LogP contribution in [0, 0.1) is 5.92 Å². The molecule has 1 atom stereocenters. The number of carbonyl (C=O) groups excluding carboxylic acids is 1. The Bertz CT molecular complexity index is 707. The highest BCUT2D eigenvalue weighted by Gasteiger charge is 2.22. The summed E-state index contributed by atoms with van der Waals surface area (Å²) in [4.78, 5) is 12.5. The van der Waals surface area contributed by atoms with Gasteiger partial charge in [0.25, 0.3) is 12.3 Å². The standard InChI is InChI=1S/C19H24F2N2O/c1-12(2)9-13(3)14-7-5-6-8-17(14)22-19(24)16-11-23(4)10-15(16)18(20)21/h5-8,10-13,18H,9H2,1-4H3,(H,22,24). The molecule has 1 unspecified atom stereocenters. The molecular weight excluding hydrogens is 310 g/mol. The van der Waals surface area contributed by atoms with Gasteiger partial charge >= 0.3 is 0 Å². The average molecular weight is 334 g/mol. The molecular formula is C19H24F2N2O. The highest BCUT2D eigenvalue weighted by atomic mass is 19.3. The summed E-state index contributed by atoms with van der Waals surface area (Å²) in [6.07, 6.45) is 1.02. The number of aryl methyl sites for hydroxylation is 1. The molecule has 1 heterocycles. The number of hydrogen-bond acceptors (Lipinski definition) is 1. The van der Waals surface area contributed by atoms with Crippen LogP contribution in [0.2, 0.25) is 0 Å². The second-order valence-electron chi connectivity index (χ2n) is 6.67. The Labute approximate surface area is 141 Å². The van der Waals surface area contributed by atoms with E-state index >= 15 is 0 Å². The number of hydrogen-bond donors (Lipinski definition) is 1.